The molecule has 1 aliphatic carbocycles. The minimum atomic E-state index is -0.629. The van der Waals surface area contributed by atoms with Gasteiger partial charge in [-0.1, -0.05) is 19.8 Å². The molecule has 1 saturated carbocycles. The molecule has 0 unspecified atom stereocenters. The maximum atomic E-state index is 10.8. The van der Waals surface area contributed by atoms with Crippen LogP contribution in [0.1, 0.15) is 39.0 Å². The minimum Gasteiger partial charge on any atom is -0.481 e. The monoisotopic (exact) mass is 185 g/mol. The van der Waals surface area contributed by atoms with Crippen LogP contribution in [-0.4, -0.2) is 24.2 Å². The van der Waals surface area contributed by atoms with Gasteiger partial charge in [0, 0.05) is 6.54 Å². The van der Waals surface area contributed by atoms with Gasteiger partial charge >= 0.3 is 5.97 Å². The Bertz CT molecular complexity index is 176. The molecular formula is C10H19NO2. The summed E-state index contributed by atoms with van der Waals surface area (Å²) in [6, 6.07) is 0. The van der Waals surface area contributed by atoms with Gasteiger partial charge < -0.3 is 10.4 Å². The van der Waals surface area contributed by atoms with Crippen molar-refractivity contribution in [2.24, 2.45) is 5.41 Å². The fourth-order valence-corrected chi connectivity index (χ4v) is 1.44. The van der Waals surface area contributed by atoms with Crippen molar-refractivity contribution in [3.8, 4) is 0 Å². The minimum absolute atomic E-state index is 0.397. The SMILES string of the molecule is CCCCCNCC1(C(=O)O)CC1. The first kappa shape index (κ1) is 10.5. The van der Waals surface area contributed by atoms with Gasteiger partial charge in [-0.05, 0) is 25.8 Å². The van der Waals surface area contributed by atoms with Crippen molar-refractivity contribution in [2.45, 2.75) is 39.0 Å². The summed E-state index contributed by atoms with van der Waals surface area (Å²) in [5, 5.41) is 12.1. The van der Waals surface area contributed by atoms with Crippen LogP contribution in [-0.2, 0) is 4.79 Å². The van der Waals surface area contributed by atoms with Crippen LogP contribution >= 0.6 is 0 Å². The van der Waals surface area contributed by atoms with Crippen LogP contribution < -0.4 is 5.32 Å². The second-order valence-electron chi connectivity index (χ2n) is 3.97. The van der Waals surface area contributed by atoms with Crippen molar-refractivity contribution < 1.29 is 9.90 Å². The lowest BCUT2D eigenvalue weighted by Gasteiger charge is -2.10. The smallest absolute Gasteiger partial charge is 0.310 e. The van der Waals surface area contributed by atoms with Crippen molar-refractivity contribution in [1.29, 1.82) is 0 Å². The Balaban J connectivity index is 2.03. The molecule has 76 valence electrons. The number of carboxylic acids is 1. The first-order valence-electron chi connectivity index (χ1n) is 5.15. The second kappa shape index (κ2) is 4.61. The fourth-order valence-electron chi connectivity index (χ4n) is 1.44. The highest BCUT2D eigenvalue weighted by atomic mass is 16.4. The van der Waals surface area contributed by atoms with Gasteiger partial charge in [0.1, 0.15) is 0 Å². The van der Waals surface area contributed by atoms with E-state index in [1.165, 1.54) is 12.8 Å². The van der Waals surface area contributed by atoms with Crippen molar-refractivity contribution in [3.05, 3.63) is 0 Å². The number of aliphatic carboxylic acids is 1. The van der Waals surface area contributed by atoms with Gasteiger partial charge in [0.05, 0.1) is 5.41 Å². The molecule has 0 spiro atoms. The van der Waals surface area contributed by atoms with E-state index in [0.29, 0.717) is 6.54 Å². The Labute approximate surface area is 79.5 Å². The number of unbranched alkanes of at least 4 members (excludes halogenated alkanes) is 2. The first-order valence-corrected chi connectivity index (χ1v) is 5.15. The lowest BCUT2D eigenvalue weighted by molar-refractivity contribution is -0.143. The van der Waals surface area contributed by atoms with Gasteiger partial charge in [0.15, 0.2) is 0 Å². The van der Waals surface area contributed by atoms with E-state index in [-0.39, 0.29) is 0 Å². The molecule has 0 saturated heterocycles. The molecule has 0 amide bonds. The summed E-state index contributed by atoms with van der Waals surface area (Å²) >= 11 is 0. The highest BCUT2D eigenvalue weighted by molar-refractivity contribution is 5.78. The Kier molecular flexibility index (Phi) is 3.72. The van der Waals surface area contributed by atoms with Crippen LogP contribution in [0.5, 0.6) is 0 Å². The quantitative estimate of drug-likeness (QED) is 0.593. The number of hydrogen-bond acceptors (Lipinski definition) is 2. The summed E-state index contributed by atoms with van der Waals surface area (Å²) < 4.78 is 0. The average molecular weight is 185 g/mol. The van der Waals surface area contributed by atoms with Crippen LogP contribution in [0, 0.1) is 5.41 Å². The molecule has 1 rings (SSSR count). The average Bonchev–Trinajstić information content (AvgIpc) is 2.85. The summed E-state index contributed by atoms with van der Waals surface area (Å²) in [6.07, 6.45) is 5.30. The molecule has 0 heterocycles. The zero-order chi connectivity index (χ0) is 9.73. The van der Waals surface area contributed by atoms with E-state index in [9.17, 15) is 4.79 Å². The topological polar surface area (TPSA) is 49.3 Å². The Hall–Kier alpha value is -0.570. The number of carboxylic acid groups (broad SMARTS) is 1. The summed E-state index contributed by atoms with van der Waals surface area (Å²) in [6.45, 7) is 3.79. The molecule has 0 aromatic carbocycles. The largest absolute Gasteiger partial charge is 0.481 e. The van der Waals surface area contributed by atoms with E-state index >= 15 is 0 Å². The number of hydrogen-bond donors (Lipinski definition) is 2. The fraction of sp³-hybridized carbons (Fsp3) is 0.900. The third-order valence-corrected chi connectivity index (χ3v) is 2.73. The predicted octanol–water partition coefficient (Wildman–Crippen LogP) is 1.63. The van der Waals surface area contributed by atoms with Gasteiger partial charge in [-0.2, -0.15) is 0 Å². The third kappa shape index (κ3) is 2.99. The third-order valence-electron chi connectivity index (χ3n) is 2.73. The highest BCUT2D eigenvalue weighted by Gasteiger charge is 2.49. The molecule has 0 atom stereocenters. The maximum Gasteiger partial charge on any atom is 0.310 e. The van der Waals surface area contributed by atoms with Crippen molar-refractivity contribution in [3.63, 3.8) is 0 Å². The lowest BCUT2D eigenvalue weighted by Crippen LogP contribution is -2.30. The van der Waals surface area contributed by atoms with Crippen LogP contribution in [0.3, 0.4) is 0 Å². The lowest BCUT2D eigenvalue weighted by atomic mass is 10.1. The standard InChI is InChI=1S/C10H19NO2/c1-2-3-4-7-11-8-10(5-6-10)9(12)13/h11H,2-8H2,1H3,(H,12,13). The second-order valence-corrected chi connectivity index (χ2v) is 3.97. The Morgan fingerprint density at radius 3 is 2.62 bits per heavy atom. The van der Waals surface area contributed by atoms with Gasteiger partial charge in [0.25, 0.3) is 0 Å². The molecule has 0 aromatic rings. The maximum absolute atomic E-state index is 10.8. The zero-order valence-corrected chi connectivity index (χ0v) is 8.31. The summed E-state index contributed by atoms with van der Waals surface area (Å²) in [5.74, 6) is -0.629. The molecule has 3 nitrogen and oxygen atoms in total. The molecular weight excluding hydrogens is 166 g/mol. The Morgan fingerprint density at radius 1 is 1.46 bits per heavy atom. The first-order chi connectivity index (χ1) is 6.21. The molecule has 2 N–H and O–H groups in total. The highest BCUT2D eigenvalue weighted by Crippen LogP contribution is 2.45. The molecule has 3 heteroatoms. The molecule has 0 aliphatic heterocycles. The van der Waals surface area contributed by atoms with Crippen molar-refractivity contribution >= 4 is 5.97 Å². The summed E-state index contributed by atoms with van der Waals surface area (Å²) in [4.78, 5) is 10.8. The van der Waals surface area contributed by atoms with Crippen LogP contribution in [0.15, 0.2) is 0 Å². The van der Waals surface area contributed by atoms with Gasteiger partial charge in [-0.25, -0.2) is 0 Å². The van der Waals surface area contributed by atoms with Crippen molar-refractivity contribution in [1.82, 2.24) is 5.32 Å². The Morgan fingerprint density at radius 2 is 2.15 bits per heavy atom. The predicted molar refractivity (Wildman–Crippen MR) is 51.7 cm³/mol. The molecule has 0 aromatic heterocycles. The van der Waals surface area contributed by atoms with Gasteiger partial charge in [-0.15, -0.1) is 0 Å². The van der Waals surface area contributed by atoms with E-state index in [2.05, 4.69) is 12.2 Å². The molecule has 13 heavy (non-hydrogen) atoms. The number of nitrogens with one attached hydrogen (secondary N) is 1. The normalized spacial score (nSPS) is 18.5. The molecule has 0 bridgehead atoms. The number of rotatable bonds is 7. The molecule has 0 radical (unpaired) electrons. The van der Waals surface area contributed by atoms with Gasteiger partial charge in [0.2, 0.25) is 0 Å². The van der Waals surface area contributed by atoms with E-state index in [0.717, 1.165) is 25.8 Å². The van der Waals surface area contributed by atoms with Crippen LogP contribution in [0.4, 0.5) is 0 Å². The van der Waals surface area contributed by atoms with Crippen LogP contribution in [0.2, 0.25) is 0 Å². The molecule has 1 aliphatic rings. The van der Waals surface area contributed by atoms with Gasteiger partial charge in [-0.3, -0.25) is 4.79 Å². The summed E-state index contributed by atoms with van der Waals surface area (Å²) in [7, 11) is 0. The van der Waals surface area contributed by atoms with Crippen molar-refractivity contribution in [2.75, 3.05) is 13.1 Å². The van der Waals surface area contributed by atoms with E-state index in [1.807, 2.05) is 0 Å². The number of carbonyl (C=O) groups is 1. The van der Waals surface area contributed by atoms with E-state index in [1.54, 1.807) is 0 Å². The zero-order valence-electron chi connectivity index (χ0n) is 8.31. The summed E-state index contributed by atoms with van der Waals surface area (Å²) in [5.41, 5.74) is -0.397. The molecule has 1 fully saturated rings. The van der Waals surface area contributed by atoms with E-state index < -0.39 is 11.4 Å². The van der Waals surface area contributed by atoms with Crippen LogP contribution in [0.25, 0.3) is 0 Å². The van der Waals surface area contributed by atoms with E-state index in [4.69, 9.17) is 5.11 Å².